The Bertz CT molecular complexity index is 244. The second-order valence-corrected chi connectivity index (χ2v) is 8.01. The minimum absolute atomic E-state index is 0.569. The van der Waals surface area contributed by atoms with E-state index in [-0.39, 0.29) is 0 Å². The fourth-order valence-corrected chi connectivity index (χ4v) is 2.58. The predicted octanol–water partition coefficient (Wildman–Crippen LogP) is 7.45. The van der Waals surface area contributed by atoms with Crippen LogP contribution in [0.2, 0.25) is 0 Å². The SMILES string of the molecule is C1=CC[N-]C=C1.C1CC[N-]CC1.C1CC[N-]CC1.C1CC[N-]CC1.[Cl][Ni][Cl]. The average molecular weight is 462 g/mol. The molecule has 0 aliphatic carbocycles. The number of nitrogens with zero attached hydrogens (tertiary/aromatic N) is 4. The van der Waals surface area contributed by atoms with Crippen LogP contribution in [-0.4, -0.2) is 45.8 Å². The van der Waals surface area contributed by atoms with E-state index in [0.29, 0.717) is 12.7 Å². The van der Waals surface area contributed by atoms with Crippen LogP contribution < -0.4 is 0 Å². The fourth-order valence-electron chi connectivity index (χ4n) is 2.58. The van der Waals surface area contributed by atoms with Gasteiger partial charge in [0.15, 0.2) is 0 Å². The average Bonchev–Trinajstić information content (AvgIpc) is 2.80. The van der Waals surface area contributed by atoms with Crippen LogP contribution in [0.5, 0.6) is 0 Å². The molecule has 0 aromatic rings. The van der Waals surface area contributed by atoms with E-state index in [9.17, 15) is 0 Å². The zero-order chi connectivity index (χ0) is 19.7. The van der Waals surface area contributed by atoms with Crippen LogP contribution in [0.25, 0.3) is 21.3 Å². The van der Waals surface area contributed by atoms with Crippen molar-refractivity contribution in [3.8, 4) is 0 Å². The van der Waals surface area contributed by atoms with Crippen LogP contribution in [0.3, 0.4) is 0 Å². The van der Waals surface area contributed by atoms with E-state index in [4.69, 9.17) is 20.4 Å². The van der Waals surface area contributed by atoms with Gasteiger partial charge in [0, 0.05) is 0 Å². The van der Waals surface area contributed by atoms with Gasteiger partial charge in [0.25, 0.3) is 0 Å². The predicted molar refractivity (Wildman–Crippen MR) is 119 cm³/mol. The molecule has 4 aliphatic heterocycles. The molecule has 3 fully saturated rings. The minimum atomic E-state index is 0.569. The van der Waals surface area contributed by atoms with Crippen LogP contribution in [0.4, 0.5) is 0 Å². The summed E-state index contributed by atoms with van der Waals surface area (Å²) in [7, 11) is 9.40. The summed E-state index contributed by atoms with van der Waals surface area (Å²) in [6.07, 6.45) is 20.0. The first-order valence-corrected chi connectivity index (χ1v) is 12.8. The van der Waals surface area contributed by atoms with E-state index in [0.717, 1.165) is 45.8 Å². The zero-order valence-electron chi connectivity index (χ0n) is 16.5. The molecule has 0 aromatic heterocycles. The summed E-state index contributed by atoms with van der Waals surface area (Å²) in [5, 5.41) is 16.4. The van der Waals surface area contributed by atoms with Gasteiger partial charge in [-0.1, -0.05) is 69.9 Å². The molecule has 0 unspecified atom stereocenters. The third-order valence-corrected chi connectivity index (χ3v) is 4.05. The summed E-state index contributed by atoms with van der Waals surface area (Å²) < 4.78 is 0. The van der Waals surface area contributed by atoms with Gasteiger partial charge >= 0.3 is 33.0 Å². The van der Waals surface area contributed by atoms with Crippen molar-refractivity contribution in [2.24, 2.45) is 0 Å². The normalized spacial score (nSPS) is 20.7. The van der Waals surface area contributed by atoms with E-state index in [1.165, 1.54) is 57.8 Å². The van der Waals surface area contributed by atoms with Gasteiger partial charge in [0.05, 0.1) is 0 Å². The Morgan fingerprint density at radius 3 is 1.00 bits per heavy atom. The number of rotatable bonds is 0. The molecule has 4 rings (SSSR count). The van der Waals surface area contributed by atoms with Crippen molar-refractivity contribution in [3.05, 3.63) is 45.7 Å². The number of halogens is 2. The molecular formula is C20H36Cl2N4Ni-4. The maximum absolute atomic E-state index is 4.70. The summed E-state index contributed by atoms with van der Waals surface area (Å²) in [6.45, 7) is 7.61. The summed E-state index contributed by atoms with van der Waals surface area (Å²) in [5.74, 6) is 0. The molecule has 0 amide bonds. The van der Waals surface area contributed by atoms with Gasteiger partial charge in [-0.15, -0.1) is 51.9 Å². The molecule has 0 radical (unpaired) electrons. The van der Waals surface area contributed by atoms with E-state index >= 15 is 0 Å². The van der Waals surface area contributed by atoms with Gasteiger partial charge in [-0.2, -0.15) is 6.20 Å². The standard InChI is InChI=1S/3C5H10N.C5H6N.2ClH.Ni/c4*1-2-4-6-5-3-1;;;/h3*1-5H2;1-4H,5H2;2*1H;/q4*-1;;;+2/p-2. The second-order valence-electron chi connectivity index (χ2n) is 6.37. The molecule has 0 atom stereocenters. The van der Waals surface area contributed by atoms with E-state index < -0.39 is 0 Å². The van der Waals surface area contributed by atoms with Gasteiger partial charge in [0.2, 0.25) is 0 Å². The van der Waals surface area contributed by atoms with E-state index in [1.807, 2.05) is 18.2 Å². The van der Waals surface area contributed by atoms with Crippen LogP contribution in [0, 0.1) is 0 Å². The Labute approximate surface area is 182 Å². The first-order valence-electron chi connectivity index (χ1n) is 10.1. The molecule has 4 heterocycles. The van der Waals surface area contributed by atoms with Crippen molar-refractivity contribution in [1.29, 1.82) is 0 Å². The summed E-state index contributed by atoms with van der Waals surface area (Å²) in [6, 6.07) is 0. The van der Waals surface area contributed by atoms with E-state index in [1.54, 1.807) is 6.20 Å². The molecule has 0 spiro atoms. The van der Waals surface area contributed by atoms with Crippen LogP contribution in [0.15, 0.2) is 24.4 Å². The van der Waals surface area contributed by atoms with Crippen molar-refractivity contribution in [1.82, 2.24) is 0 Å². The van der Waals surface area contributed by atoms with Crippen LogP contribution in [0.1, 0.15) is 57.8 Å². The molecule has 4 nitrogen and oxygen atoms in total. The molecule has 4 aliphatic rings. The fraction of sp³-hybridized carbons (Fsp3) is 0.800. The van der Waals surface area contributed by atoms with Crippen molar-refractivity contribution < 1.29 is 12.7 Å². The number of allylic oxidation sites excluding steroid dienone is 2. The van der Waals surface area contributed by atoms with Gasteiger partial charge in [-0.25, -0.2) is 0 Å². The zero-order valence-corrected chi connectivity index (χ0v) is 19.0. The molecule has 0 bridgehead atoms. The quantitative estimate of drug-likeness (QED) is 0.336. The summed E-state index contributed by atoms with van der Waals surface area (Å²) in [5.41, 5.74) is 0. The molecule has 27 heavy (non-hydrogen) atoms. The molecule has 164 valence electrons. The molecule has 0 N–H and O–H groups in total. The Morgan fingerprint density at radius 2 is 0.926 bits per heavy atom. The number of piperidine rings is 3. The molecule has 0 saturated carbocycles. The Balaban J connectivity index is 0.000000319. The van der Waals surface area contributed by atoms with Crippen LogP contribution in [-0.2, 0) is 12.7 Å². The first-order chi connectivity index (χ1) is 13.4. The number of hydrogen-bond donors (Lipinski definition) is 0. The van der Waals surface area contributed by atoms with Crippen molar-refractivity contribution in [3.63, 3.8) is 0 Å². The molecule has 3 saturated heterocycles. The van der Waals surface area contributed by atoms with Crippen molar-refractivity contribution in [2.75, 3.05) is 45.8 Å². The Morgan fingerprint density at radius 1 is 0.556 bits per heavy atom. The summed E-state index contributed by atoms with van der Waals surface area (Å²) in [4.78, 5) is 0. The maximum atomic E-state index is 4.70. The van der Waals surface area contributed by atoms with Gasteiger partial charge in [-0.05, 0) is 0 Å². The summed E-state index contributed by atoms with van der Waals surface area (Å²) >= 11 is 0.569. The van der Waals surface area contributed by atoms with Gasteiger partial charge in [-0.3, -0.25) is 0 Å². The third kappa shape index (κ3) is 26.2. The van der Waals surface area contributed by atoms with E-state index in [2.05, 4.69) is 21.3 Å². The van der Waals surface area contributed by atoms with Gasteiger partial charge in [0.1, 0.15) is 0 Å². The van der Waals surface area contributed by atoms with Crippen LogP contribution >= 0.6 is 20.4 Å². The topological polar surface area (TPSA) is 56.4 Å². The van der Waals surface area contributed by atoms with Crippen molar-refractivity contribution >= 4 is 20.4 Å². The number of hydrogen-bond acceptors (Lipinski definition) is 0. The molecule has 7 heteroatoms. The Hall–Kier alpha value is 0.234. The first kappa shape index (κ1) is 27.2. The van der Waals surface area contributed by atoms with Crippen molar-refractivity contribution in [2.45, 2.75) is 57.8 Å². The monoisotopic (exact) mass is 460 g/mol. The molecule has 0 aromatic carbocycles. The second kappa shape index (κ2) is 26.2. The van der Waals surface area contributed by atoms with Gasteiger partial charge < -0.3 is 21.3 Å². The molecular weight excluding hydrogens is 426 g/mol. The third-order valence-electron chi connectivity index (χ3n) is 4.05. The Kier molecular flexibility index (Phi) is 26.5.